The first kappa shape index (κ1) is 15.5. The van der Waals surface area contributed by atoms with Crippen molar-refractivity contribution in [3.63, 3.8) is 0 Å². The van der Waals surface area contributed by atoms with Crippen molar-refractivity contribution in [1.29, 1.82) is 0 Å². The largest absolute Gasteiger partial charge is 0.480 e. The molecule has 0 aromatic carbocycles. The van der Waals surface area contributed by atoms with Crippen LogP contribution in [-0.2, 0) is 14.4 Å². The van der Waals surface area contributed by atoms with Crippen molar-refractivity contribution < 1.29 is 19.5 Å². The second-order valence-corrected chi connectivity index (χ2v) is 4.92. The molecule has 2 N–H and O–H groups in total. The molecule has 6 nitrogen and oxygen atoms in total. The standard InChI is InChI=1S/C13H22N2O4/c1-3-6-11(16)15-8-5-4-7-10(15)12(17)14-9(2)13(18)19/h9-10H,3-8H2,1-2H3,(H,14,17)(H,18,19)/t9-,10?/m0/s1. The van der Waals surface area contributed by atoms with Gasteiger partial charge >= 0.3 is 5.97 Å². The molecule has 1 rings (SSSR count). The van der Waals surface area contributed by atoms with Crippen LogP contribution in [0.5, 0.6) is 0 Å². The van der Waals surface area contributed by atoms with Crippen LogP contribution in [0.15, 0.2) is 0 Å². The van der Waals surface area contributed by atoms with Crippen LogP contribution in [0.4, 0.5) is 0 Å². The normalized spacial score (nSPS) is 20.7. The summed E-state index contributed by atoms with van der Waals surface area (Å²) in [6.45, 7) is 3.92. The number of nitrogens with zero attached hydrogens (tertiary/aromatic N) is 1. The zero-order valence-corrected chi connectivity index (χ0v) is 11.5. The maximum Gasteiger partial charge on any atom is 0.325 e. The molecule has 0 bridgehead atoms. The molecule has 19 heavy (non-hydrogen) atoms. The first-order chi connectivity index (χ1) is 8.97. The van der Waals surface area contributed by atoms with Gasteiger partial charge < -0.3 is 15.3 Å². The van der Waals surface area contributed by atoms with Crippen LogP contribution in [0.2, 0.25) is 0 Å². The van der Waals surface area contributed by atoms with Gasteiger partial charge in [0, 0.05) is 13.0 Å². The molecular formula is C13H22N2O4. The minimum Gasteiger partial charge on any atom is -0.480 e. The average Bonchev–Trinajstić information content (AvgIpc) is 2.38. The fourth-order valence-electron chi connectivity index (χ4n) is 2.23. The molecule has 1 unspecified atom stereocenters. The number of rotatable bonds is 5. The summed E-state index contributed by atoms with van der Waals surface area (Å²) in [6.07, 6.45) is 3.56. The van der Waals surface area contributed by atoms with Crippen molar-refractivity contribution >= 4 is 17.8 Å². The number of carboxylic acid groups (broad SMARTS) is 1. The Labute approximate surface area is 113 Å². The Morgan fingerprint density at radius 3 is 2.63 bits per heavy atom. The van der Waals surface area contributed by atoms with Crippen LogP contribution in [0, 0.1) is 0 Å². The molecule has 2 atom stereocenters. The lowest BCUT2D eigenvalue weighted by Gasteiger charge is -2.35. The molecule has 1 heterocycles. The Balaban J connectivity index is 2.68. The Bertz CT molecular complexity index is 357. The lowest BCUT2D eigenvalue weighted by atomic mass is 10.0. The molecule has 2 amide bonds. The Morgan fingerprint density at radius 2 is 2.05 bits per heavy atom. The summed E-state index contributed by atoms with van der Waals surface area (Å²) in [5, 5.41) is 11.2. The second kappa shape index (κ2) is 7.11. The summed E-state index contributed by atoms with van der Waals surface area (Å²) in [7, 11) is 0. The van der Waals surface area contributed by atoms with Gasteiger partial charge in [-0.2, -0.15) is 0 Å². The molecule has 1 saturated heterocycles. The van der Waals surface area contributed by atoms with E-state index in [9.17, 15) is 14.4 Å². The number of carboxylic acids is 1. The van der Waals surface area contributed by atoms with Crippen molar-refractivity contribution in [3.05, 3.63) is 0 Å². The van der Waals surface area contributed by atoms with E-state index >= 15 is 0 Å². The maximum absolute atomic E-state index is 12.1. The molecule has 1 fully saturated rings. The summed E-state index contributed by atoms with van der Waals surface area (Å²) in [5.74, 6) is -1.46. The Morgan fingerprint density at radius 1 is 1.37 bits per heavy atom. The van der Waals surface area contributed by atoms with Crippen LogP contribution in [0.1, 0.15) is 46.0 Å². The maximum atomic E-state index is 12.1. The Kier molecular flexibility index (Phi) is 5.79. The molecule has 1 aliphatic heterocycles. The van der Waals surface area contributed by atoms with Crippen LogP contribution in [0.3, 0.4) is 0 Å². The van der Waals surface area contributed by atoms with Crippen molar-refractivity contribution in [2.45, 2.75) is 58.0 Å². The van der Waals surface area contributed by atoms with Gasteiger partial charge in [-0.25, -0.2) is 0 Å². The molecule has 108 valence electrons. The number of piperidine rings is 1. The fraction of sp³-hybridized carbons (Fsp3) is 0.769. The SMILES string of the molecule is CCCC(=O)N1CCCCC1C(=O)N[C@@H](C)C(=O)O. The minimum absolute atomic E-state index is 0.0228. The number of carbonyl (C=O) groups is 3. The molecule has 0 aromatic heterocycles. The molecule has 0 aliphatic carbocycles. The van der Waals surface area contributed by atoms with Gasteiger partial charge in [-0.15, -0.1) is 0 Å². The van der Waals surface area contributed by atoms with Gasteiger partial charge in [-0.05, 0) is 32.6 Å². The summed E-state index contributed by atoms with van der Waals surface area (Å²) in [5.41, 5.74) is 0. The zero-order valence-electron chi connectivity index (χ0n) is 11.5. The van der Waals surface area contributed by atoms with Gasteiger partial charge in [0.25, 0.3) is 0 Å². The number of carbonyl (C=O) groups excluding carboxylic acids is 2. The highest BCUT2D eigenvalue weighted by atomic mass is 16.4. The third-order valence-electron chi connectivity index (χ3n) is 3.32. The van der Waals surface area contributed by atoms with Crippen LogP contribution in [0.25, 0.3) is 0 Å². The van der Waals surface area contributed by atoms with Crippen molar-refractivity contribution in [3.8, 4) is 0 Å². The van der Waals surface area contributed by atoms with E-state index in [0.29, 0.717) is 19.4 Å². The highest BCUT2D eigenvalue weighted by Gasteiger charge is 2.32. The van der Waals surface area contributed by atoms with Gasteiger partial charge in [0.15, 0.2) is 0 Å². The van der Waals surface area contributed by atoms with E-state index in [1.807, 2.05) is 6.92 Å². The van der Waals surface area contributed by atoms with Gasteiger partial charge in [0.05, 0.1) is 0 Å². The first-order valence-electron chi connectivity index (χ1n) is 6.80. The van der Waals surface area contributed by atoms with E-state index < -0.39 is 18.1 Å². The van der Waals surface area contributed by atoms with Crippen molar-refractivity contribution in [2.24, 2.45) is 0 Å². The molecule has 6 heteroatoms. The van der Waals surface area contributed by atoms with Gasteiger partial charge in [-0.3, -0.25) is 14.4 Å². The van der Waals surface area contributed by atoms with E-state index in [1.165, 1.54) is 6.92 Å². The third-order valence-corrected chi connectivity index (χ3v) is 3.32. The topological polar surface area (TPSA) is 86.7 Å². The molecule has 0 spiro atoms. The van der Waals surface area contributed by atoms with Crippen LogP contribution >= 0.6 is 0 Å². The fourth-order valence-corrected chi connectivity index (χ4v) is 2.23. The second-order valence-electron chi connectivity index (χ2n) is 4.92. The summed E-state index contributed by atoms with van der Waals surface area (Å²) in [6, 6.07) is -1.45. The van der Waals surface area contributed by atoms with E-state index in [0.717, 1.165) is 19.3 Å². The molecule has 0 aromatic rings. The number of amides is 2. The van der Waals surface area contributed by atoms with Gasteiger partial charge in [0.1, 0.15) is 12.1 Å². The van der Waals surface area contributed by atoms with Gasteiger partial charge in [-0.1, -0.05) is 6.92 Å². The molecule has 0 radical (unpaired) electrons. The lowest BCUT2D eigenvalue weighted by Crippen LogP contribution is -2.54. The summed E-state index contributed by atoms with van der Waals surface area (Å²) in [4.78, 5) is 36.4. The van der Waals surface area contributed by atoms with E-state index in [-0.39, 0.29) is 11.8 Å². The minimum atomic E-state index is -1.07. The van der Waals surface area contributed by atoms with E-state index in [2.05, 4.69) is 5.32 Å². The first-order valence-corrected chi connectivity index (χ1v) is 6.80. The van der Waals surface area contributed by atoms with Crippen LogP contribution in [-0.4, -0.2) is 46.4 Å². The van der Waals surface area contributed by atoms with Crippen molar-refractivity contribution in [2.75, 3.05) is 6.54 Å². The molecular weight excluding hydrogens is 248 g/mol. The zero-order chi connectivity index (χ0) is 14.4. The highest BCUT2D eigenvalue weighted by Crippen LogP contribution is 2.18. The highest BCUT2D eigenvalue weighted by molar-refractivity contribution is 5.90. The van der Waals surface area contributed by atoms with E-state index in [1.54, 1.807) is 4.90 Å². The number of aliphatic carboxylic acids is 1. The lowest BCUT2D eigenvalue weighted by molar-refractivity contribution is -0.145. The smallest absolute Gasteiger partial charge is 0.325 e. The number of hydrogen-bond acceptors (Lipinski definition) is 3. The predicted molar refractivity (Wildman–Crippen MR) is 69.5 cm³/mol. The predicted octanol–water partition coefficient (Wildman–Crippen LogP) is 0.757. The van der Waals surface area contributed by atoms with Crippen molar-refractivity contribution in [1.82, 2.24) is 10.2 Å². The quantitative estimate of drug-likeness (QED) is 0.772. The van der Waals surface area contributed by atoms with E-state index in [4.69, 9.17) is 5.11 Å². The average molecular weight is 270 g/mol. The number of likely N-dealkylation sites (tertiary alicyclic amines) is 1. The van der Waals surface area contributed by atoms with Gasteiger partial charge in [0.2, 0.25) is 11.8 Å². The molecule has 1 aliphatic rings. The van der Waals surface area contributed by atoms with Crippen LogP contribution < -0.4 is 5.32 Å². The molecule has 0 saturated carbocycles. The summed E-state index contributed by atoms with van der Waals surface area (Å²) < 4.78 is 0. The monoisotopic (exact) mass is 270 g/mol. The number of nitrogens with one attached hydrogen (secondary N) is 1. The summed E-state index contributed by atoms with van der Waals surface area (Å²) >= 11 is 0. The number of hydrogen-bond donors (Lipinski definition) is 2. The Hall–Kier alpha value is -1.59. The third kappa shape index (κ3) is 4.22.